The van der Waals surface area contributed by atoms with Gasteiger partial charge in [-0.25, -0.2) is 5.01 Å². The second-order valence-electron chi connectivity index (χ2n) is 9.90. The van der Waals surface area contributed by atoms with E-state index in [0.29, 0.717) is 6.54 Å². The second kappa shape index (κ2) is 11.8. The predicted octanol–water partition coefficient (Wildman–Crippen LogP) is 4.62. The maximum Gasteiger partial charge on any atom is 0.248 e. The molecule has 1 N–H and O–H groups in total. The fourth-order valence-electron chi connectivity index (χ4n) is 5.16. The van der Waals surface area contributed by atoms with Gasteiger partial charge in [-0.1, -0.05) is 67.8 Å². The number of anilines is 1. The van der Waals surface area contributed by atoms with Crippen LogP contribution >= 0.6 is 0 Å². The van der Waals surface area contributed by atoms with E-state index in [9.17, 15) is 4.79 Å². The van der Waals surface area contributed by atoms with Crippen molar-refractivity contribution in [3.05, 3.63) is 65.7 Å². The van der Waals surface area contributed by atoms with E-state index in [1.807, 2.05) is 35.3 Å². The zero-order valence-corrected chi connectivity index (χ0v) is 21.5. The third-order valence-electron chi connectivity index (χ3n) is 7.35. The van der Waals surface area contributed by atoms with E-state index in [4.69, 9.17) is 9.84 Å². The lowest BCUT2D eigenvalue weighted by atomic mass is 9.77. The molecular formula is C29H40N4O2. The van der Waals surface area contributed by atoms with Crippen LogP contribution in [-0.4, -0.2) is 61.5 Å². The summed E-state index contributed by atoms with van der Waals surface area (Å²) in [6, 6.07) is 18.6. The van der Waals surface area contributed by atoms with Crippen LogP contribution in [0.4, 0.5) is 5.69 Å². The van der Waals surface area contributed by atoms with Gasteiger partial charge in [-0.05, 0) is 50.9 Å². The molecule has 2 aromatic rings. The molecule has 0 spiro atoms. The Balaban J connectivity index is 1.58. The zero-order chi connectivity index (χ0) is 24.7. The molecule has 2 unspecified atom stereocenters. The Hall–Kier alpha value is -2.70. The van der Waals surface area contributed by atoms with Crippen molar-refractivity contribution in [1.82, 2.24) is 10.2 Å². The van der Waals surface area contributed by atoms with Gasteiger partial charge in [0.25, 0.3) is 0 Å². The van der Waals surface area contributed by atoms with Gasteiger partial charge in [0.1, 0.15) is 5.54 Å². The minimum Gasteiger partial charge on any atom is -0.379 e. The Bertz CT molecular complexity index is 986. The number of aryl methyl sites for hydroxylation is 1. The Morgan fingerprint density at radius 2 is 1.80 bits per heavy atom. The molecule has 2 aliphatic rings. The molecule has 0 aromatic heterocycles. The van der Waals surface area contributed by atoms with Gasteiger partial charge in [0, 0.05) is 25.6 Å². The highest BCUT2D eigenvalue weighted by atomic mass is 16.5. The summed E-state index contributed by atoms with van der Waals surface area (Å²) in [5.41, 5.74) is 3.48. The molecule has 4 rings (SSSR count). The second-order valence-corrected chi connectivity index (χ2v) is 9.90. The standard InChI is InChI=1S/C29H40N4O2/c1-4-5-12-26-27(24-15-13-23(2)14-16-24)31-33(25-10-7-6-8-11-25)29(26,3)28(34)30-17-9-18-32-19-21-35-22-20-32/h6-8,10-11,13-16,26H,4-5,9,12,17-22H2,1-3H3,(H,30,34). The highest BCUT2D eigenvalue weighted by Crippen LogP contribution is 2.41. The highest BCUT2D eigenvalue weighted by Gasteiger charge is 2.53. The third-order valence-corrected chi connectivity index (χ3v) is 7.35. The monoisotopic (exact) mass is 476 g/mol. The molecule has 0 aliphatic carbocycles. The lowest BCUT2D eigenvalue weighted by Gasteiger charge is -2.38. The molecule has 1 fully saturated rings. The number of nitrogens with one attached hydrogen (secondary N) is 1. The maximum atomic E-state index is 13.9. The summed E-state index contributed by atoms with van der Waals surface area (Å²) in [7, 11) is 0. The zero-order valence-electron chi connectivity index (χ0n) is 21.5. The van der Waals surface area contributed by atoms with Crippen LogP contribution in [0.2, 0.25) is 0 Å². The quantitative estimate of drug-likeness (QED) is 0.508. The molecule has 1 saturated heterocycles. The van der Waals surface area contributed by atoms with Crippen LogP contribution in [0.5, 0.6) is 0 Å². The fraction of sp³-hybridized carbons (Fsp3) is 0.517. The van der Waals surface area contributed by atoms with Crippen molar-refractivity contribution in [2.24, 2.45) is 11.0 Å². The normalized spacial score (nSPS) is 22.8. The number of nitrogens with zero attached hydrogens (tertiary/aromatic N) is 3. The molecule has 0 saturated carbocycles. The first-order valence-electron chi connectivity index (χ1n) is 13.1. The summed E-state index contributed by atoms with van der Waals surface area (Å²) >= 11 is 0. The molecule has 6 nitrogen and oxygen atoms in total. The number of carbonyl (C=O) groups excluding carboxylic acids is 1. The van der Waals surface area contributed by atoms with Crippen molar-refractivity contribution in [1.29, 1.82) is 0 Å². The summed E-state index contributed by atoms with van der Waals surface area (Å²) in [5, 5.41) is 10.4. The first-order chi connectivity index (χ1) is 17.0. The molecule has 2 heterocycles. The summed E-state index contributed by atoms with van der Waals surface area (Å²) < 4.78 is 5.45. The van der Waals surface area contributed by atoms with Crippen LogP contribution in [-0.2, 0) is 9.53 Å². The minimum atomic E-state index is -0.796. The van der Waals surface area contributed by atoms with Crippen molar-refractivity contribution in [3.8, 4) is 0 Å². The van der Waals surface area contributed by atoms with E-state index in [1.165, 1.54) is 5.56 Å². The third kappa shape index (κ3) is 5.76. The number of hydrogen-bond donors (Lipinski definition) is 1. The van der Waals surface area contributed by atoms with Crippen molar-refractivity contribution < 1.29 is 9.53 Å². The van der Waals surface area contributed by atoms with Gasteiger partial charge in [-0.15, -0.1) is 0 Å². The van der Waals surface area contributed by atoms with Crippen molar-refractivity contribution in [2.45, 2.75) is 52.0 Å². The molecule has 188 valence electrons. The molecule has 35 heavy (non-hydrogen) atoms. The van der Waals surface area contributed by atoms with Gasteiger partial charge in [-0.2, -0.15) is 5.10 Å². The van der Waals surface area contributed by atoms with Gasteiger partial charge >= 0.3 is 0 Å². The number of morpholine rings is 1. The number of benzene rings is 2. The number of para-hydroxylation sites is 1. The summed E-state index contributed by atoms with van der Waals surface area (Å²) in [6.07, 6.45) is 3.99. The Kier molecular flexibility index (Phi) is 8.58. The lowest BCUT2D eigenvalue weighted by molar-refractivity contribution is -0.126. The van der Waals surface area contributed by atoms with Crippen LogP contribution in [0.1, 0.15) is 50.7 Å². The van der Waals surface area contributed by atoms with Crippen molar-refractivity contribution in [2.75, 3.05) is 44.4 Å². The van der Waals surface area contributed by atoms with Gasteiger partial charge in [-0.3, -0.25) is 9.69 Å². The molecule has 6 heteroatoms. The topological polar surface area (TPSA) is 57.2 Å². The van der Waals surface area contributed by atoms with Crippen molar-refractivity contribution in [3.63, 3.8) is 0 Å². The Morgan fingerprint density at radius 1 is 1.09 bits per heavy atom. The van der Waals surface area contributed by atoms with E-state index in [1.54, 1.807) is 0 Å². The number of hydrogen-bond acceptors (Lipinski definition) is 5. The van der Waals surface area contributed by atoms with E-state index in [-0.39, 0.29) is 11.8 Å². The Morgan fingerprint density at radius 3 is 2.49 bits per heavy atom. The number of hydrazone groups is 1. The van der Waals surface area contributed by atoms with Gasteiger partial charge in [0.2, 0.25) is 5.91 Å². The van der Waals surface area contributed by atoms with E-state index >= 15 is 0 Å². The van der Waals surface area contributed by atoms with Gasteiger partial charge < -0.3 is 10.1 Å². The van der Waals surface area contributed by atoms with Crippen LogP contribution in [0.15, 0.2) is 59.7 Å². The first-order valence-corrected chi connectivity index (χ1v) is 13.1. The molecule has 0 bridgehead atoms. The average molecular weight is 477 g/mol. The minimum absolute atomic E-state index is 0.00426. The predicted molar refractivity (Wildman–Crippen MR) is 143 cm³/mol. The average Bonchev–Trinajstić information content (AvgIpc) is 3.20. The molecule has 2 aromatic carbocycles. The van der Waals surface area contributed by atoms with Crippen LogP contribution in [0.3, 0.4) is 0 Å². The smallest absolute Gasteiger partial charge is 0.248 e. The van der Waals surface area contributed by atoms with E-state index < -0.39 is 5.54 Å². The van der Waals surface area contributed by atoms with E-state index in [0.717, 1.165) is 75.5 Å². The first kappa shape index (κ1) is 25.4. The van der Waals surface area contributed by atoms with Gasteiger partial charge in [0.05, 0.1) is 24.6 Å². The number of unbranched alkanes of at least 4 members (excludes halogenated alkanes) is 1. The molecule has 2 atom stereocenters. The largest absolute Gasteiger partial charge is 0.379 e. The number of amides is 1. The van der Waals surface area contributed by atoms with Gasteiger partial charge in [0.15, 0.2) is 0 Å². The molecule has 1 amide bonds. The maximum absolute atomic E-state index is 13.9. The number of rotatable bonds is 10. The number of carbonyl (C=O) groups is 1. The summed E-state index contributed by atoms with van der Waals surface area (Å²) in [6.45, 7) is 11.6. The molecule has 0 radical (unpaired) electrons. The number of ether oxygens (including phenoxy) is 1. The summed E-state index contributed by atoms with van der Waals surface area (Å²) in [5.74, 6) is 0.0555. The summed E-state index contributed by atoms with van der Waals surface area (Å²) in [4.78, 5) is 16.4. The SMILES string of the molecule is CCCCC1C(c2ccc(C)cc2)=NN(c2ccccc2)C1(C)C(=O)NCCCN1CCOCC1. The fourth-order valence-corrected chi connectivity index (χ4v) is 5.16. The molecule has 2 aliphatic heterocycles. The van der Waals surface area contributed by atoms with Crippen LogP contribution < -0.4 is 10.3 Å². The van der Waals surface area contributed by atoms with Crippen LogP contribution in [0, 0.1) is 12.8 Å². The molecular weight excluding hydrogens is 436 g/mol. The highest BCUT2D eigenvalue weighted by molar-refractivity contribution is 6.10. The van der Waals surface area contributed by atoms with E-state index in [2.05, 4.69) is 55.3 Å². The Labute approximate surface area is 210 Å². The van der Waals surface area contributed by atoms with Crippen LogP contribution in [0.25, 0.3) is 0 Å². The lowest BCUT2D eigenvalue weighted by Crippen LogP contribution is -2.58. The van der Waals surface area contributed by atoms with Crippen molar-refractivity contribution >= 4 is 17.3 Å².